The van der Waals surface area contributed by atoms with Gasteiger partial charge in [0.2, 0.25) is 5.89 Å². The maximum Gasteiger partial charge on any atom is 0.336 e. The molecule has 160 valence electrons. The zero-order valence-corrected chi connectivity index (χ0v) is 18.8. The third kappa shape index (κ3) is 4.62. The SMILES string of the molecule is Cc1cc2oc(=O)cc(CSc3nnc(C[C@@H]4CCS(=O)(=O)C4)o3)c2cc1C(C)C. The molecule has 3 aromatic rings. The molecule has 0 saturated carbocycles. The van der Waals surface area contributed by atoms with Crippen LogP contribution in [0.1, 0.15) is 48.8 Å². The molecule has 0 radical (unpaired) electrons. The summed E-state index contributed by atoms with van der Waals surface area (Å²) in [7, 11) is -2.93. The highest BCUT2D eigenvalue weighted by molar-refractivity contribution is 7.98. The number of fused-ring (bicyclic) bond motifs is 1. The van der Waals surface area contributed by atoms with E-state index >= 15 is 0 Å². The molecule has 1 saturated heterocycles. The minimum absolute atomic E-state index is 0.0358. The van der Waals surface area contributed by atoms with Crippen LogP contribution in [0.15, 0.2) is 37.1 Å². The molecule has 1 aliphatic heterocycles. The molecule has 3 heterocycles. The minimum Gasteiger partial charge on any atom is -0.423 e. The third-order valence-corrected chi connectivity index (χ3v) is 8.13. The maximum atomic E-state index is 12.0. The minimum atomic E-state index is -2.93. The molecule has 7 nitrogen and oxygen atoms in total. The van der Waals surface area contributed by atoms with E-state index in [0.717, 1.165) is 16.5 Å². The summed E-state index contributed by atoms with van der Waals surface area (Å²) in [6.45, 7) is 6.29. The van der Waals surface area contributed by atoms with E-state index in [0.29, 0.717) is 41.2 Å². The van der Waals surface area contributed by atoms with Crippen LogP contribution < -0.4 is 5.63 Å². The van der Waals surface area contributed by atoms with Crippen molar-refractivity contribution < 1.29 is 17.3 Å². The Morgan fingerprint density at radius 2 is 2.00 bits per heavy atom. The summed E-state index contributed by atoms with van der Waals surface area (Å²) in [6.07, 6.45) is 1.11. The van der Waals surface area contributed by atoms with Gasteiger partial charge in [-0.05, 0) is 54.0 Å². The average Bonchev–Trinajstić information content (AvgIpc) is 3.24. The van der Waals surface area contributed by atoms with Crippen LogP contribution in [0.3, 0.4) is 0 Å². The second kappa shape index (κ2) is 8.19. The number of aromatic nitrogens is 2. The Balaban J connectivity index is 1.52. The Bertz CT molecular complexity index is 1240. The van der Waals surface area contributed by atoms with Gasteiger partial charge in [-0.15, -0.1) is 10.2 Å². The van der Waals surface area contributed by atoms with Crippen molar-refractivity contribution in [2.45, 2.75) is 50.5 Å². The molecular weight excluding hydrogens is 424 g/mol. The number of rotatable bonds is 6. The maximum absolute atomic E-state index is 12.0. The van der Waals surface area contributed by atoms with Crippen LogP contribution >= 0.6 is 11.8 Å². The quantitative estimate of drug-likeness (QED) is 0.413. The van der Waals surface area contributed by atoms with Crippen molar-refractivity contribution in [2.24, 2.45) is 5.92 Å². The van der Waals surface area contributed by atoms with Crippen molar-refractivity contribution in [1.29, 1.82) is 0 Å². The first-order valence-corrected chi connectivity index (χ1v) is 12.7. The lowest BCUT2D eigenvalue weighted by Gasteiger charge is -2.12. The highest BCUT2D eigenvalue weighted by Crippen LogP contribution is 2.30. The first kappa shape index (κ1) is 21.1. The lowest BCUT2D eigenvalue weighted by molar-refractivity contribution is 0.389. The fourth-order valence-corrected chi connectivity index (χ4v) is 6.56. The molecular formula is C21H24N2O5S2. The smallest absolute Gasteiger partial charge is 0.336 e. The molecule has 9 heteroatoms. The molecule has 30 heavy (non-hydrogen) atoms. The Kier molecular flexibility index (Phi) is 5.76. The van der Waals surface area contributed by atoms with E-state index in [-0.39, 0.29) is 23.0 Å². The van der Waals surface area contributed by atoms with Gasteiger partial charge in [-0.2, -0.15) is 0 Å². The zero-order valence-electron chi connectivity index (χ0n) is 17.2. The van der Waals surface area contributed by atoms with Crippen LogP contribution in [0.5, 0.6) is 0 Å². The number of sulfone groups is 1. The molecule has 4 rings (SSSR count). The van der Waals surface area contributed by atoms with Gasteiger partial charge in [0.1, 0.15) is 5.58 Å². The standard InChI is InChI=1S/C21H24N2O5S2/c1-12(2)16-9-17-15(8-20(24)27-18(17)6-13(16)3)10-29-21-23-22-19(28-21)7-14-4-5-30(25,26)11-14/h6,8-9,12,14H,4-5,7,10-11H2,1-3H3/t14-/m0/s1. The van der Waals surface area contributed by atoms with Gasteiger partial charge >= 0.3 is 5.63 Å². The first-order valence-electron chi connectivity index (χ1n) is 9.93. The lowest BCUT2D eigenvalue weighted by Crippen LogP contribution is -2.07. The van der Waals surface area contributed by atoms with Crippen molar-refractivity contribution in [1.82, 2.24) is 10.2 Å². The molecule has 0 unspecified atom stereocenters. The van der Waals surface area contributed by atoms with E-state index in [1.807, 2.05) is 13.0 Å². The molecule has 0 aliphatic carbocycles. The van der Waals surface area contributed by atoms with Crippen LogP contribution in [-0.2, 0) is 22.0 Å². The molecule has 0 bridgehead atoms. The average molecular weight is 449 g/mol. The molecule has 1 aliphatic rings. The van der Waals surface area contributed by atoms with Gasteiger partial charge in [0.05, 0.1) is 11.5 Å². The van der Waals surface area contributed by atoms with Crippen molar-refractivity contribution in [3.8, 4) is 0 Å². The Morgan fingerprint density at radius 1 is 1.20 bits per heavy atom. The normalized spacial score (nSPS) is 18.5. The molecule has 1 aromatic carbocycles. The number of aryl methyl sites for hydroxylation is 1. The summed E-state index contributed by atoms with van der Waals surface area (Å²) in [4.78, 5) is 12.0. The number of nitrogens with zero attached hydrogens (tertiary/aromatic N) is 2. The van der Waals surface area contributed by atoms with E-state index in [1.54, 1.807) is 0 Å². The summed E-state index contributed by atoms with van der Waals surface area (Å²) >= 11 is 1.35. The predicted molar refractivity (Wildman–Crippen MR) is 116 cm³/mol. The fourth-order valence-electron chi connectivity index (χ4n) is 3.93. The van der Waals surface area contributed by atoms with E-state index in [1.165, 1.54) is 23.4 Å². The van der Waals surface area contributed by atoms with Crippen molar-refractivity contribution in [2.75, 3.05) is 11.5 Å². The number of hydrogen-bond acceptors (Lipinski definition) is 8. The fraction of sp³-hybridized carbons (Fsp3) is 0.476. The van der Waals surface area contributed by atoms with Crippen molar-refractivity contribution in [3.05, 3.63) is 51.2 Å². The van der Waals surface area contributed by atoms with Crippen LogP contribution in [-0.4, -0.2) is 30.1 Å². The van der Waals surface area contributed by atoms with E-state index in [2.05, 4.69) is 30.1 Å². The lowest BCUT2D eigenvalue weighted by atomic mass is 9.95. The van der Waals surface area contributed by atoms with Gasteiger partial charge in [-0.3, -0.25) is 0 Å². The Labute approximate surface area is 179 Å². The number of hydrogen-bond donors (Lipinski definition) is 0. The van der Waals surface area contributed by atoms with Crippen LogP contribution in [0.25, 0.3) is 11.0 Å². The van der Waals surface area contributed by atoms with Crippen LogP contribution in [0, 0.1) is 12.8 Å². The monoisotopic (exact) mass is 448 g/mol. The van der Waals surface area contributed by atoms with Crippen molar-refractivity contribution >= 4 is 32.6 Å². The third-order valence-electron chi connectivity index (χ3n) is 5.43. The summed E-state index contributed by atoms with van der Waals surface area (Å²) in [6, 6.07) is 5.52. The summed E-state index contributed by atoms with van der Waals surface area (Å²) < 4.78 is 34.3. The molecule has 1 atom stereocenters. The molecule has 0 amide bonds. The van der Waals surface area contributed by atoms with Crippen molar-refractivity contribution in [3.63, 3.8) is 0 Å². The highest BCUT2D eigenvalue weighted by Gasteiger charge is 2.29. The van der Waals surface area contributed by atoms with Gasteiger partial charge < -0.3 is 8.83 Å². The predicted octanol–water partition coefficient (Wildman–Crippen LogP) is 3.88. The summed E-state index contributed by atoms with van der Waals surface area (Å²) in [5.41, 5.74) is 3.36. The van der Waals surface area contributed by atoms with Gasteiger partial charge in [0.15, 0.2) is 9.84 Å². The summed E-state index contributed by atoms with van der Waals surface area (Å²) in [5.74, 6) is 1.75. The number of thioether (sulfide) groups is 1. The largest absolute Gasteiger partial charge is 0.423 e. The molecule has 1 fully saturated rings. The second-order valence-corrected chi connectivity index (χ2v) is 11.3. The highest BCUT2D eigenvalue weighted by atomic mass is 32.2. The first-order chi connectivity index (χ1) is 14.2. The Morgan fingerprint density at radius 3 is 2.70 bits per heavy atom. The summed E-state index contributed by atoms with van der Waals surface area (Å²) in [5, 5.41) is 9.44. The Hall–Kier alpha value is -2.13. The van der Waals surface area contributed by atoms with Gasteiger partial charge in [0, 0.05) is 23.6 Å². The van der Waals surface area contributed by atoms with Gasteiger partial charge in [-0.1, -0.05) is 25.6 Å². The van der Waals surface area contributed by atoms with Gasteiger partial charge in [0.25, 0.3) is 5.22 Å². The van der Waals surface area contributed by atoms with Crippen LogP contribution in [0.2, 0.25) is 0 Å². The van der Waals surface area contributed by atoms with Crippen LogP contribution in [0.4, 0.5) is 0 Å². The topological polar surface area (TPSA) is 103 Å². The molecule has 0 N–H and O–H groups in total. The van der Waals surface area contributed by atoms with Gasteiger partial charge in [-0.25, -0.2) is 13.2 Å². The van der Waals surface area contributed by atoms with E-state index < -0.39 is 9.84 Å². The second-order valence-electron chi connectivity index (χ2n) is 8.17. The molecule has 2 aromatic heterocycles. The number of benzene rings is 1. The molecule has 0 spiro atoms. The van der Waals surface area contributed by atoms with E-state index in [4.69, 9.17) is 8.83 Å². The van der Waals surface area contributed by atoms with E-state index in [9.17, 15) is 13.2 Å². The zero-order chi connectivity index (χ0) is 21.5.